The van der Waals surface area contributed by atoms with E-state index >= 15 is 0 Å². The van der Waals surface area contributed by atoms with E-state index < -0.39 is 11.9 Å². The van der Waals surface area contributed by atoms with Crippen LogP contribution in [0.15, 0.2) is 60.7 Å². The van der Waals surface area contributed by atoms with Crippen LogP contribution in [-0.2, 0) is 32.2 Å². The van der Waals surface area contributed by atoms with Crippen LogP contribution in [0.4, 0.5) is 0 Å². The van der Waals surface area contributed by atoms with Gasteiger partial charge < -0.3 is 15.0 Å². The lowest BCUT2D eigenvalue weighted by Gasteiger charge is -2.16. The molecule has 1 atom stereocenters. The molecular weight excluding hydrogens is 344 g/mol. The minimum atomic E-state index is -0.525. The summed E-state index contributed by atoms with van der Waals surface area (Å²) in [7, 11) is 0. The van der Waals surface area contributed by atoms with E-state index in [1.807, 2.05) is 60.7 Å². The maximum Gasteiger partial charge on any atom is 0.311 e. The molecule has 2 aromatic rings. The third kappa shape index (κ3) is 5.41. The van der Waals surface area contributed by atoms with E-state index in [0.29, 0.717) is 19.6 Å². The molecule has 1 fully saturated rings. The van der Waals surface area contributed by atoms with Crippen molar-refractivity contribution in [2.75, 3.05) is 13.2 Å². The number of carbonyl (C=O) groups is 3. The van der Waals surface area contributed by atoms with Gasteiger partial charge in [-0.3, -0.25) is 14.4 Å². The Kier molecular flexibility index (Phi) is 6.20. The Hall–Kier alpha value is -3.15. The van der Waals surface area contributed by atoms with Crippen LogP contribution in [0.25, 0.3) is 0 Å². The predicted molar refractivity (Wildman–Crippen MR) is 99.2 cm³/mol. The average molecular weight is 366 g/mol. The highest BCUT2D eigenvalue weighted by atomic mass is 16.5. The number of ether oxygens (including phenoxy) is 1. The van der Waals surface area contributed by atoms with E-state index in [-0.39, 0.29) is 24.8 Å². The highest BCUT2D eigenvalue weighted by Gasteiger charge is 2.35. The van der Waals surface area contributed by atoms with Crippen LogP contribution in [-0.4, -0.2) is 35.8 Å². The summed E-state index contributed by atoms with van der Waals surface area (Å²) in [5, 5.41) is 2.70. The quantitative estimate of drug-likeness (QED) is 0.760. The first-order valence-electron chi connectivity index (χ1n) is 8.91. The van der Waals surface area contributed by atoms with Gasteiger partial charge in [-0.2, -0.15) is 0 Å². The average Bonchev–Trinajstić information content (AvgIpc) is 3.06. The molecule has 140 valence electrons. The number of likely N-dealkylation sites (tertiary alicyclic amines) is 1. The van der Waals surface area contributed by atoms with Crippen molar-refractivity contribution in [3.05, 3.63) is 71.8 Å². The van der Waals surface area contributed by atoms with Crippen molar-refractivity contribution in [3.63, 3.8) is 0 Å². The number of nitrogens with zero attached hydrogens (tertiary/aromatic N) is 1. The summed E-state index contributed by atoms with van der Waals surface area (Å²) in [6, 6.07) is 19.1. The highest BCUT2D eigenvalue weighted by molar-refractivity contribution is 5.88. The van der Waals surface area contributed by atoms with Gasteiger partial charge in [-0.05, 0) is 11.1 Å². The monoisotopic (exact) mass is 366 g/mol. The van der Waals surface area contributed by atoms with Gasteiger partial charge in [-0.15, -0.1) is 0 Å². The van der Waals surface area contributed by atoms with Gasteiger partial charge in [0, 0.05) is 26.1 Å². The smallest absolute Gasteiger partial charge is 0.311 e. The summed E-state index contributed by atoms with van der Waals surface area (Å²) < 4.78 is 5.09. The van der Waals surface area contributed by atoms with Crippen molar-refractivity contribution in [2.24, 2.45) is 5.92 Å². The molecule has 1 saturated heterocycles. The topological polar surface area (TPSA) is 75.7 Å². The lowest BCUT2D eigenvalue weighted by atomic mass is 10.1. The highest BCUT2D eigenvalue weighted by Crippen LogP contribution is 2.21. The van der Waals surface area contributed by atoms with Crippen molar-refractivity contribution in [1.29, 1.82) is 0 Å². The Morgan fingerprint density at radius 2 is 1.63 bits per heavy atom. The maximum absolute atomic E-state index is 12.2. The number of nitrogens with one attached hydrogen (secondary N) is 1. The standard InChI is InChI=1S/C21H22N2O4/c24-19(22-12-16-7-3-1-4-8-16)15-27-21(26)18-11-20(25)23(14-18)13-17-9-5-2-6-10-17/h1-10,18H,11-15H2,(H,22,24). The summed E-state index contributed by atoms with van der Waals surface area (Å²) in [6.07, 6.45) is 0.122. The number of hydrogen-bond acceptors (Lipinski definition) is 4. The minimum absolute atomic E-state index is 0.0747. The molecule has 0 aliphatic carbocycles. The molecule has 1 aliphatic heterocycles. The second-order valence-corrected chi connectivity index (χ2v) is 6.53. The molecule has 1 aliphatic rings. The number of carbonyl (C=O) groups excluding carboxylic acids is 3. The van der Waals surface area contributed by atoms with E-state index in [1.54, 1.807) is 4.90 Å². The van der Waals surface area contributed by atoms with Gasteiger partial charge in [0.25, 0.3) is 5.91 Å². The number of hydrogen-bond donors (Lipinski definition) is 1. The molecule has 2 amide bonds. The molecule has 0 saturated carbocycles. The number of amides is 2. The zero-order valence-corrected chi connectivity index (χ0v) is 15.0. The van der Waals surface area contributed by atoms with Gasteiger partial charge in [-0.1, -0.05) is 60.7 Å². The van der Waals surface area contributed by atoms with Crippen LogP contribution in [0.2, 0.25) is 0 Å². The normalized spacial score (nSPS) is 16.2. The van der Waals surface area contributed by atoms with Gasteiger partial charge in [0.2, 0.25) is 5.91 Å². The van der Waals surface area contributed by atoms with Gasteiger partial charge >= 0.3 is 5.97 Å². The number of esters is 1. The summed E-state index contributed by atoms with van der Waals surface area (Å²) >= 11 is 0. The van der Waals surface area contributed by atoms with Gasteiger partial charge in [-0.25, -0.2) is 0 Å². The molecule has 0 radical (unpaired) electrons. The summed E-state index contributed by atoms with van der Waals surface area (Å²) in [5.41, 5.74) is 1.98. The van der Waals surface area contributed by atoms with Crippen LogP contribution in [0.5, 0.6) is 0 Å². The third-order valence-corrected chi connectivity index (χ3v) is 4.44. The third-order valence-electron chi connectivity index (χ3n) is 4.44. The zero-order valence-electron chi connectivity index (χ0n) is 15.0. The maximum atomic E-state index is 12.2. The van der Waals surface area contributed by atoms with Crippen molar-refractivity contribution >= 4 is 17.8 Å². The Morgan fingerprint density at radius 1 is 1.00 bits per heavy atom. The van der Waals surface area contributed by atoms with Crippen molar-refractivity contribution in [1.82, 2.24) is 10.2 Å². The molecule has 3 rings (SSSR count). The molecule has 6 nitrogen and oxygen atoms in total. The number of rotatable bonds is 7. The second kappa shape index (κ2) is 8.98. The minimum Gasteiger partial charge on any atom is -0.455 e. The molecule has 1 heterocycles. The van der Waals surface area contributed by atoms with Crippen LogP contribution in [0.1, 0.15) is 17.5 Å². The Balaban J connectivity index is 1.41. The molecular formula is C21H22N2O4. The Bertz CT molecular complexity index is 792. The van der Waals surface area contributed by atoms with E-state index in [9.17, 15) is 14.4 Å². The van der Waals surface area contributed by atoms with E-state index in [1.165, 1.54) is 0 Å². The Morgan fingerprint density at radius 3 is 2.30 bits per heavy atom. The van der Waals surface area contributed by atoms with Crippen LogP contribution < -0.4 is 5.32 Å². The fourth-order valence-corrected chi connectivity index (χ4v) is 2.99. The largest absolute Gasteiger partial charge is 0.455 e. The van der Waals surface area contributed by atoms with Crippen LogP contribution in [0.3, 0.4) is 0 Å². The van der Waals surface area contributed by atoms with Gasteiger partial charge in [0.15, 0.2) is 6.61 Å². The zero-order chi connectivity index (χ0) is 19.1. The number of benzene rings is 2. The van der Waals surface area contributed by atoms with E-state index in [2.05, 4.69) is 5.32 Å². The molecule has 1 N–H and O–H groups in total. The van der Waals surface area contributed by atoms with Gasteiger partial charge in [0.1, 0.15) is 0 Å². The fraction of sp³-hybridized carbons (Fsp3) is 0.286. The molecule has 0 spiro atoms. The van der Waals surface area contributed by atoms with Crippen LogP contribution in [0, 0.1) is 5.92 Å². The van der Waals surface area contributed by atoms with Gasteiger partial charge in [0.05, 0.1) is 5.92 Å². The summed E-state index contributed by atoms with van der Waals surface area (Å²) in [4.78, 5) is 37.8. The molecule has 1 unspecified atom stereocenters. The van der Waals surface area contributed by atoms with E-state index in [4.69, 9.17) is 4.74 Å². The first-order valence-corrected chi connectivity index (χ1v) is 8.91. The predicted octanol–water partition coefficient (Wildman–Crippen LogP) is 1.89. The van der Waals surface area contributed by atoms with Crippen molar-refractivity contribution < 1.29 is 19.1 Å². The van der Waals surface area contributed by atoms with Crippen LogP contribution >= 0.6 is 0 Å². The Labute approximate surface area is 158 Å². The molecule has 0 aromatic heterocycles. The molecule has 27 heavy (non-hydrogen) atoms. The lowest BCUT2D eigenvalue weighted by Crippen LogP contribution is -2.31. The molecule has 0 bridgehead atoms. The van der Waals surface area contributed by atoms with Crippen molar-refractivity contribution in [3.8, 4) is 0 Å². The lowest BCUT2D eigenvalue weighted by molar-refractivity contribution is -0.152. The molecule has 2 aromatic carbocycles. The SMILES string of the molecule is O=C(COC(=O)C1CC(=O)N(Cc2ccccc2)C1)NCc1ccccc1. The van der Waals surface area contributed by atoms with E-state index in [0.717, 1.165) is 11.1 Å². The van der Waals surface area contributed by atoms with Crippen molar-refractivity contribution in [2.45, 2.75) is 19.5 Å². The summed E-state index contributed by atoms with van der Waals surface area (Å²) in [6.45, 7) is 0.832. The summed E-state index contributed by atoms with van der Waals surface area (Å²) in [5.74, 6) is -1.47. The first kappa shape index (κ1) is 18.6. The second-order valence-electron chi connectivity index (χ2n) is 6.53. The first-order chi connectivity index (χ1) is 13.1. The fourth-order valence-electron chi connectivity index (χ4n) is 2.99. The molecule has 6 heteroatoms.